The summed E-state index contributed by atoms with van der Waals surface area (Å²) in [5.74, 6) is 0.146. The van der Waals surface area contributed by atoms with Gasteiger partial charge in [0.2, 0.25) is 0 Å². The van der Waals surface area contributed by atoms with Gasteiger partial charge in [-0.05, 0) is 49.2 Å². The third-order valence-corrected chi connectivity index (χ3v) is 4.02. The smallest absolute Gasteiger partial charge is 0.182 e. The largest absolute Gasteiger partial charge is 0.398 e. The summed E-state index contributed by atoms with van der Waals surface area (Å²) in [5, 5.41) is 11.8. The molecule has 6 nitrogen and oxygen atoms in total. The minimum Gasteiger partial charge on any atom is -0.398 e. The Morgan fingerprint density at radius 2 is 2.29 bits per heavy atom. The Hall–Kier alpha value is -2.02. The first kappa shape index (κ1) is 13.9. The number of benzene rings is 1. The van der Waals surface area contributed by atoms with Crippen LogP contribution in [0.25, 0.3) is 11.4 Å². The molecule has 2 atom stereocenters. The number of rotatable bonds is 3. The fraction of sp³-hybridized carbons (Fsp3) is 0.500. The van der Waals surface area contributed by atoms with E-state index in [-0.39, 0.29) is 18.0 Å². The third-order valence-electron chi connectivity index (χ3n) is 4.02. The zero-order chi connectivity index (χ0) is 15.0. The van der Waals surface area contributed by atoms with Crippen LogP contribution in [-0.2, 0) is 4.74 Å². The first-order chi connectivity index (χ1) is 10.1. The highest BCUT2D eigenvalue weighted by Gasteiger charge is 2.27. The molecule has 1 aliphatic rings. The van der Waals surface area contributed by atoms with Crippen LogP contribution in [-0.4, -0.2) is 32.9 Å². The van der Waals surface area contributed by atoms with E-state index in [1.165, 1.54) is 6.07 Å². The van der Waals surface area contributed by atoms with E-state index in [2.05, 4.69) is 15.5 Å². The number of nitrogen functional groups attached to an aromatic ring is 1. The maximum absolute atomic E-state index is 13.9. The lowest BCUT2D eigenvalue weighted by molar-refractivity contribution is 0.0690. The number of anilines is 1. The number of nitrogens with zero attached hydrogens (tertiary/aromatic N) is 4. The molecular formula is C14H18FN5O. The summed E-state index contributed by atoms with van der Waals surface area (Å²) in [6, 6.07) is 3.10. The fourth-order valence-electron chi connectivity index (χ4n) is 2.63. The van der Waals surface area contributed by atoms with Crippen molar-refractivity contribution in [2.45, 2.75) is 38.8 Å². The molecule has 112 valence electrons. The number of hydrogen-bond donors (Lipinski definition) is 1. The van der Waals surface area contributed by atoms with Crippen molar-refractivity contribution in [2.24, 2.45) is 0 Å². The van der Waals surface area contributed by atoms with Crippen molar-refractivity contribution in [1.82, 2.24) is 20.2 Å². The Morgan fingerprint density at radius 1 is 1.48 bits per heavy atom. The van der Waals surface area contributed by atoms with Gasteiger partial charge in [0, 0.05) is 23.4 Å². The zero-order valence-electron chi connectivity index (χ0n) is 12.1. The van der Waals surface area contributed by atoms with Gasteiger partial charge in [-0.25, -0.2) is 9.07 Å². The van der Waals surface area contributed by atoms with Gasteiger partial charge in [-0.2, -0.15) is 0 Å². The molecule has 1 aromatic heterocycles. The van der Waals surface area contributed by atoms with Gasteiger partial charge in [0.1, 0.15) is 5.82 Å². The van der Waals surface area contributed by atoms with Gasteiger partial charge in [-0.1, -0.05) is 0 Å². The van der Waals surface area contributed by atoms with Crippen molar-refractivity contribution >= 4 is 5.69 Å². The molecule has 1 aliphatic heterocycles. The van der Waals surface area contributed by atoms with Gasteiger partial charge < -0.3 is 10.5 Å². The highest BCUT2D eigenvalue weighted by atomic mass is 19.1. The van der Waals surface area contributed by atoms with E-state index in [0.717, 1.165) is 19.4 Å². The van der Waals surface area contributed by atoms with Crippen LogP contribution in [0.4, 0.5) is 10.1 Å². The van der Waals surface area contributed by atoms with E-state index in [4.69, 9.17) is 10.5 Å². The highest BCUT2D eigenvalue weighted by molar-refractivity contribution is 5.64. The van der Waals surface area contributed by atoms with Gasteiger partial charge in [0.05, 0.1) is 12.1 Å². The first-order valence-electron chi connectivity index (χ1n) is 7.03. The number of hydrogen-bond acceptors (Lipinski definition) is 5. The second kappa shape index (κ2) is 5.40. The lowest BCUT2D eigenvalue weighted by atomic mass is 10.1. The van der Waals surface area contributed by atoms with Crippen LogP contribution < -0.4 is 5.73 Å². The van der Waals surface area contributed by atoms with Crippen molar-refractivity contribution in [3.63, 3.8) is 0 Å². The van der Waals surface area contributed by atoms with Crippen LogP contribution in [0.5, 0.6) is 0 Å². The summed E-state index contributed by atoms with van der Waals surface area (Å²) in [7, 11) is 0. The number of aromatic nitrogens is 4. The first-order valence-corrected chi connectivity index (χ1v) is 7.03. The van der Waals surface area contributed by atoms with Crippen LogP contribution in [0.3, 0.4) is 0 Å². The lowest BCUT2D eigenvalue weighted by Crippen LogP contribution is -2.22. The maximum Gasteiger partial charge on any atom is 0.182 e. The molecule has 21 heavy (non-hydrogen) atoms. The second-order valence-corrected chi connectivity index (χ2v) is 5.41. The van der Waals surface area contributed by atoms with Crippen LogP contribution in [0.2, 0.25) is 0 Å². The highest BCUT2D eigenvalue weighted by Crippen LogP contribution is 2.29. The standard InChI is InChI=1S/C14H18FN5O/c1-8-11(15)6-10(7-12(8)16)14-17-18-19-20(14)9(2)13-4-3-5-21-13/h6-7,9,13H,3-5,16H2,1-2H3. The molecule has 0 bridgehead atoms. The van der Waals surface area contributed by atoms with Gasteiger partial charge in [0.15, 0.2) is 5.82 Å². The molecule has 1 saturated heterocycles. The van der Waals surface area contributed by atoms with E-state index in [0.29, 0.717) is 22.6 Å². The molecule has 2 aromatic rings. The van der Waals surface area contributed by atoms with Gasteiger partial charge >= 0.3 is 0 Å². The van der Waals surface area contributed by atoms with E-state index < -0.39 is 0 Å². The lowest BCUT2D eigenvalue weighted by Gasteiger charge is -2.19. The second-order valence-electron chi connectivity index (χ2n) is 5.41. The van der Waals surface area contributed by atoms with Crippen molar-refractivity contribution in [1.29, 1.82) is 0 Å². The topological polar surface area (TPSA) is 78.9 Å². The van der Waals surface area contributed by atoms with E-state index in [1.807, 2.05) is 6.92 Å². The Balaban J connectivity index is 1.98. The Bertz CT molecular complexity index is 628. The predicted molar refractivity (Wildman–Crippen MR) is 76.0 cm³/mol. The molecule has 0 spiro atoms. The molecule has 3 rings (SSSR count). The van der Waals surface area contributed by atoms with Crippen LogP contribution in [0.15, 0.2) is 12.1 Å². The normalized spacial score (nSPS) is 19.9. The molecule has 2 N–H and O–H groups in total. The molecule has 2 unspecified atom stereocenters. The number of nitrogens with two attached hydrogens (primary N) is 1. The zero-order valence-corrected chi connectivity index (χ0v) is 12.1. The predicted octanol–water partition coefficient (Wildman–Crippen LogP) is 2.11. The number of tetrazole rings is 1. The monoisotopic (exact) mass is 291 g/mol. The van der Waals surface area contributed by atoms with E-state index >= 15 is 0 Å². The fourth-order valence-corrected chi connectivity index (χ4v) is 2.63. The molecule has 0 saturated carbocycles. The minimum absolute atomic E-state index is 0.0110. The molecule has 1 aromatic carbocycles. The van der Waals surface area contributed by atoms with E-state index in [1.54, 1.807) is 17.7 Å². The van der Waals surface area contributed by atoms with E-state index in [9.17, 15) is 4.39 Å². The summed E-state index contributed by atoms with van der Waals surface area (Å²) in [4.78, 5) is 0. The molecule has 0 aliphatic carbocycles. The molecule has 1 fully saturated rings. The van der Waals surface area contributed by atoms with Crippen LogP contribution >= 0.6 is 0 Å². The van der Waals surface area contributed by atoms with Gasteiger partial charge in [-0.15, -0.1) is 5.10 Å². The summed E-state index contributed by atoms with van der Waals surface area (Å²) in [5.41, 5.74) is 7.24. The van der Waals surface area contributed by atoms with Crippen molar-refractivity contribution in [3.8, 4) is 11.4 Å². The average molecular weight is 291 g/mol. The summed E-state index contributed by atoms with van der Waals surface area (Å²) in [6.07, 6.45) is 2.10. The minimum atomic E-state index is -0.357. The molecule has 7 heteroatoms. The number of halogens is 1. The Kier molecular flexibility index (Phi) is 3.59. The van der Waals surface area contributed by atoms with Crippen molar-refractivity contribution in [3.05, 3.63) is 23.5 Å². The van der Waals surface area contributed by atoms with Crippen LogP contribution in [0, 0.1) is 12.7 Å². The molecular weight excluding hydrogens is 273 g/mol. The maximum atomic E-state index is 13.9. The molecule has 0 radical (unpaired) electrons. The van der Waals surface area contributed by atoms with Gasteiger partial charge in [-0.3, -0.25) is 0 Å². The van der Waals surface area contributed by atoms with Crippen molar-refractivity contribution < 1.29 is 9.13 Å². The third kappa shape index (κ3) is 2.49. The van der Waals surface area contributed by atoms with Crippen LogP contribution in [0.1, 0.15) is 31.4 Å². The van der Waals surface area contributed by atoms with Crippen molar-refractivity contribution in [2.75, 3.05) is 12.3 Å². The quantitative estimate of drug-likeness (QED) is 0.876. The SMILES string of the molecule is Cc1c(N)cc(-c2nnnn2C(C)C2CCCO2)cc1F. The average Bonchev–Trinajstić information content (AvgIpc) is 3.14. The summed E-state index contributed by atoms with van der Waals surface area (Å²) >= 11 is 0. The number of ether oxygens (including phenoxy) is 1. The molecule has 0 amide bonds. The Labute approximate surface area is 122 Å². The molecule has 2 heterocycles. The summed E-state index contributed by atoms with van der Waals surface area (Å²) in [6.45, 7) is 4.41. The van der Waals surface area contributed by atoms with Gasteiger partial charge in [0.25, 0.3) is 0 Å². The Morgan fingerprint density at radius 3 is 2.95 bits per heavy atom. The summed E-state index contributed by atoms with van der Waals surface area (Å²) < 4.78 is 21.2.